The number of rotatable bonds is 6. The van der Waals surface area contributed by atoms with Gasteiger partial charge in [-0.2, -0.15) is 4.98 Å². The fraction of sp³-hybridized carbons (Fsp3) is 0.476. The zero-order chi connectivity index (χ0) is 22.1. The smallest absolute Gasteiger partial charge is 0.332 e. The third-order valence-corrected chi connectivity index (χ3v) is 5.94. The summed E-state index contributed by atoms with van der Waals surface area (Å²) in [7, 11) is 3.04. The Morgan fingerprint density at radius 2 is 1.84 bits per heavy atom. The molecule has 0 amide bonds. The van der Waals surface area contributed by atoms with Crippen molar-refractivity contribution in [2.24, 2.45) is 14.1 Å². The van der Waals surface area contributed by atoms with Gasteiger partial charge in [0.05, 0.1) is 11.6 Å². The topological polar surface area (TPSA) is 94.5 Å². The molecule has 0 radical (unpaired) electrons. The van der Waals surface area contributed by atoms with Crippen LogP contribution in [-0.4, -0.2) is 49.6 Å². The number of anilines is 1. The number of hydrogen-bond acceptors (Lipinski definition) is 6. The van der Waals surface area contributed by atoms with Crippen molar-refractivity contribution < 1.29 is 9.84 Å². The summed E-state index contributed by atoms with van der Waals surface area (Å²) in [5.74, 6) is 1.07. The van der Waals surface area contributed by atoms with E-state index in [1.54, 1.807) is 35.9 Å². The third-order valence-electron chi connectivity index (χ3n) is 5.63. The number of nitrogens with zero attached hydrogens (tertiary/aromatic N) is 5. The molecule has 1 saturated heterocycles. The van der Waals surface area contributed by atoms with Crippen LogP contribution in [0.4, 0.5) is 5.95 Å². The van der Waals surface area contributed by atoms with Gasteiger partial charge in [-0.15, -0.1) is 0 Å². The molecule has 0 aliphatic carbocycles. The average Bonchev–Trinajstić information content (AvgIpc) is 3.15. The number of aliphatic hydroxyl groups excluding tert-OH is 1. The van der Waals surface area contributed by atoms with Gasteiger partial charge in [0.15, 0.2) is 11.2 Å². The Balaban J connectivity index is 1.71. The number of imidazole rings is 1. The summed E-state index contributed by atoms with van der Waals surface area (Å²) in [4.78, 5) is 32.1. The van der Waals surface area contributed by atoms with Gasteiger partial charge in [0.2, 0.25) is 5.95 Å². The van der Waals surface area contributed by atoms with Crippen LogP contribution in [0.15, 0.2) is 33.9 Å². The lowest BCUT2D eigenvalue weighted by atomic mass is 10.1. The number of aromatic nitrogens is 4. The molecule has 10 heteroatoms. The van der Waals surface area contributed by atoms with Gasteiger partial charge >= 0.3 is 5.69 Å². The van der Waals surface area contributed by atoms with Crippen molar-refractivity contribution in [2.75, 3.05) is 24.6 Å². The van der Waals surface area contributed by atoms with Gasteiger partial charge in [0.1, 0.15) is 18.5 Å². The highest BCUT2D eigenvalue weighted by atomic mass is 35.5. The first-order valence-electron chi connectivity index (χ1n) is 10.3. The molecule has 1 fully saturated rings. The lowest BCUT2D eigenvalue weighted by Gasteiger charge is -2.28. The Morgan fingerprint density at radius 3 is 2.55 bits per heavy atom. The summed E-state index contributed by atoms with van der Waals surface area (Å²) < 4.78 is 9.82. The van der Waals surface area contributed by atoms with Crippen molar-refractivity contribution >= 4 is 28.7 Å². The molecule has 0 spiro atoms. The zero-order valence-corrected chi connectivity index (χ0v) is 18.4. The molecule has 0 saturated carbocycles. The molecule has 1 atom stereocenters. The van der Waals surface area contributed by atoms with E-state index in [-0.39, 0.29) is 13.2 Å². The summed E-state index contributed by atoms with van der Waals surface area (Å²) in [6, 6.07) is 7.04. The Bertz CT molecular complexity index is 1210. The summed E-state index contributed by atoms with van der Waals surface area (Å²) in [6.45, 7) is 1.71. The highest BCUT2D eigenvalue weighted by Gasteiger charge is 2.25. The number of halogens is 1. The Labute approximate surface area is 184 Å². The Hall–Kier alpha value is -2.78. The predicted molar refractivity (Wildman–Crippen MR) is 119 cm³/mol. The second-order valence-electron chi connectivity index (χ2n) is 7.84. The van der Waals surface area contributed by atoms with Crippen molar-refractivity contribution in [3.63, 3.8) is 0 Å². The van der Waals surface area contributed by atoms with E-state index in [0.717, 1.165) is 36.9 Å². The largest absolute Gasteiger partial charge is 0.489 e. The van der Waals surface area contributed by atoms with Crippen LogP contribution in [0.3, 0.4) is 0 Å². The van der Waals surface area contributed by atoms with Crippen LogP contribution in [0.1, 0.15) is 19.3 Å². The van der Waals surface area contributed by atoms with E-state index in [1.165, 1.54) is 11.6 Å². The molecule has 3 heterocycles. The van der Waals surface area contributed by atoms with Gasteiger partial charge in [-0.05, 0) is 31.4 Å². The molecule has 4 rings (SSSR count). The second kappa shape index (κ2) is 8.76. The van der Waals surface area contributed by atoms with Crippen LogP contribution in [-0.2, 0) is 20.6 Å². The second-order valence-corrected chi connectivity index (χ2v) is 8.25. The van der Waals surface area contributed by atoms with Crippen molar-refractivity contribution in [1.82, 2.24) is 18.7 Å². The van der Waals surface area contributed by atoms with E-state index >= 15 is 0 Å². The number of ether oxygens (including phenoxy) is 1. The number of fused-ring (bicyclic) bond motifs is 1. The number of hydrogen-bond donors (Lipinski definition) is 1. The lowest BCUT2D eigenvalue weighted by Crippen LogP contribution is -2.38. The lowest BCUT2D eigenvalue weighted by molar-refractivity contribution is 0.0936. The fourth-order valence-electron chi connectivity index (χ4n) is 3.95. The van der Waals surface area contributed by atoms with Crippen LogP contribution in [0.25, 0.3) is 11.2 Å². The molecule has 9 nitrogen and oxygen atoms in total. The summed E-state index contributed by atoms with van der Waals surface area (Å²) in [5, 5.41) is 11.2. The SMILES string of the molecule is Cn1c(=O)c2c(nc(N3CCCCC3)n2CC(O)COc2ccccc2Cl)n(C)c1=O. The molecule has 3 aromatic rings. The van der Waals surface area contributed by atoms with Crippen molar-refractivity contribution in [2.45, 2.75) is 31.9 Å². The highest BCUT2D eigenvalue weighted by Crippen LogP contribution is 2.25. The first-order chi connectivity index (χ1) is 14.9. The Kier molecular flexibility index (Phi) is 6.06. The van der Waals surface area contributed by atoms with Gasteiger partial charge in [-0.1, -0.05) is 23.7 Å². The van der Waals surface area contributed by atoms with E-state index in [9.17, 15) is 14.7 Å². The van der Waals surface area contributed by atoms with Gasteiger partial charge in [0, 0.05) is 27.2 Å². The zero-order valence-electron chi connectivity index (χ0n) is 17.6. The molecule has 31 heavy (non-hydrogen) atoms. The maximum Gasteiger partial charge on any atom is 0.332 e. The van der Waals surface area contributed by atoms with Crippen LogP contribution >= 0.6 is 11.6 Å². The highest BCUT2D eigenvalue weighted by molar-refractivity contribution is 6.32. The summed E-state index contributed by atoms with van der Waals surface area (Å²) >= 11 is 6.12. The van der Waals surface area contributed by atoms with Crippen LogP contribution in [0, 0.1) is 0 Å². The molecular weight excluding hydrogens is 422 g/mol. The van der Waals surface area contributed by atoms with Crippen LogP contribution in [0.2, 0.25) is 5.02 Å². The van der Waals surface area contributed by atoms with E-state index < -0.39 is 17.4 Å². The van der Waals surface area contributed by atoms with Gasteiger partial charge in [0.25, 0.3) is 5.56 Å². The molecule has 1 N–H and O–H groups in total. The van der Waals surface area contributed by atoms with E-state index in [4.69, 9.17) is 16.3 Å². The minimum Gasteiger partial charge on any atom is -0.489 e. The number of aryl methyl sites for hydroxylation is 1. The monoisotopic (exact) mass is 447 g/mol. The Morgan fingerprint density at radius 1 is 1.13 bits per heavy atom. The van der Waals surface area contributed by atoms with E-state index in [1.807, 2.05) is 0 Å². The van der Waals surface area contributed by atoms with Crippen LogP contribution < -0.4 is 20.9 Å². The van der Waals surface area contributed by atoms with Gasteiger partial charge in [-0.25, -0.2) is 4.79 Å². The van der Waals surface area contributed by atoms with E-state index in [0.29, 0.717) is 27.9 Å². The molecule has 1 aliphatic rings. The predicted octanol–water partition coefficient (Wildman–Crippen LogP) is 1.52. The minimum absolute atomic E-state index is 0.00503. The summed E-state index contributed by atoms with van der Waals surface area (Å²) in [5.41, 5.74) is -0.266. The normalized spacial score (nSPS) is 15.4. The molecule has 0 bridgehead atoms. The molecular formula is C21H26ClN5O4. The van der Waals surface area contributed by atoms with Crippen LogP contribution in [0.5, 0.6) is 5.75 Å². The van der Waals surface area contributed by atoms with E-state index in [2.05, 4.69) is 9.88 Å². The maximum atomic E-state index is 13.0. The standard InChI is InChI=1S/C21H26ClN5O4/c1-24-18-17(19(29)25(2)21(24)30)27(20(23-18)26-10-6-3-7-11-26)12-14(28)13-31-16-9-5-4-8-15(16)22/h4-5,8-9,14,28H,3,6-7,10-13H2,1-2H3. The quantitative estimate of drug-likeness (QED) is 0.615. The molecule has 1 aliphatic heterocycles. The minimum atomic E-state index is -0.917. The number of aliphatic hydroxyl groups is 1. The fourth-order valence-corrected chi connectivity index (χ4v) is 4.14. The van der Waals surface area contributed by atoms with Gasteiger partial charge in [-0.3, -0.25) is 13.9 Å². The molecule has 2 aromatic heterocycles. The van der Waals surface area contributed by atoms with Crippen molar-refractivity contribution in [3.8, 4) is 5.75 Å². The van der Waals surface area contributed by atoms with Crippen molar-refractivity contribution in [3.05, 3.63) is 50.1 Å². The third kappa shape index (κ3) is 4.07. The average molecular weight is 448 g/mol. The number of benzene rings is 1. The first kappa shape index (κ1) is 21.5. The molecule has 1 aromatic carbocycles. The van der Waals surface area contributed by atoms with Crippen molar-refractivity contribution in [1.29, 1.82) is 0 Å². The summed E-state index contributed by atoms with van der Waals surface area (Å²) in [6.07, 6.45) is 2.28. The molecule has 166 valence electrons. The first-order valence-corrected chi connectivity index (χ1v) is 10.7. The molecule has 1 unspecified atom stereocenters. The number of piperidine rings is 1. The van der Waals surface area contributed by atoms with Gasteiger partial charge < -0.3 is 19.3 Å². The number of para-hydroxylation sites is 1. The maximum absolute atomic E-state index is 13.0.